The van der Waals surface area contributed by atoms with Crippen LogP contribution in [0.15, 0.2) is 53.0 Å². The number of benzene rings is 2. The van der Waals surface area contributed by atoms with Crippen molar-refractivity contribution in [3.63, 3.8) is 0 Å². The zero-order chi connectivity index (χ0) is 19.5. The maximum Gasteiger partial charge on any atom is 0.214 e. The second-order valence-electron chi connectivity index (χ2n) is 6.25. The summed E-state index contributed by atoms with van der Waals surface area (Å²) in [7, 11) is 1.67. The monoisotopic (exact) mass is 409 g/mol. The molecule has 142 valence electrons. The van der Waals surface area contributed by atoms with Gasteiger partial charge >= 0.3 is 0 Å². The van der Waals surface area contributed by atoms with Crippen LogP contribution in [0.5, 0.6) is 5.75 Å². The second kappa shape index (κ2) is 8.12. The minimum atomic E-state index is 0.706. The van der Waals surface area contributed by atoms with Crippen LogP contribution in [0.25, 0.3) is 16.3 Å². The van der Waals surface area contributed by atoms with Gasteiger partial charge in [-0.2, -0.15) is 4.68 Å². The van der Waals surface area contributed by atoms with E-state index in [0.29, 0.717) is 5.75 Å². The Balaban J connectivity index is 1.50. The number of aryl methyl sites for hydroxylation is 1. The van der Waals surface area contributed by atoms with Gasteiger partial charge in [-0.3, -0.25) is 0 Å². The summed E-state index contributed by atoms with van der Waals surface area (Å²) in [5.41, 5.74) is 5.49. The van der Waals surface area contributed by atoms with Crippen molar-refractivity contribution in [2.75, 3.05) is 7.11 Å². The number of aromatic nitrogens is 5. The lowest BCUT2D eigenvalue weighted by Gasteiger charge is -2.09. The maximum atomic E-state index is 5.21. The number of hydrogen-bond acceptors (Lipinski definition) is 7. The zero-order valence-electron chi connectivity index (χ0n) is 15.8. The first-order valence-corrected chi connectivity index (χ1v) is 10.6. The first kappa shape index (κ1) is 18.6. The Morgan fingerprint density at radius 3 is 2.71 bits per heavy atom. The number of ether oxygens (including phenoxy) is 1. The minimum Gasteiger partial charge on any atom is -0.497 e. The molecular formula is C20H19N5OS2. The molecule has 4 rings (SSSR count). The molecular weight excluding hydrogens is 390 g/mol. The Kier molecular flexibility index (Phi) is 5.40. The average molecular weight is 410 g/mol. The van der Waals surface area contributed by atoms with E-state index in [1.807, 2.05) is 36.4 Å². The predicted molar refractivity (Wildman–Crippen MR) is 112 cm³/mol. The van der Waals surface area contributed by atoms with Crippen molar-refractivity contribution in [1.29, 1.82) is 0 Å². The van der Waals surface area contributed by atoms with Crippen LogP contribution in [0.3, 0.4) is 0 Å². The molecule has 0 spiro atoms. The van der Waals surface area contributed by atoms with Gasteiger partial charge in [0, 0.05) is 16.7 Å². The van der Waals surface area contributed by atoms with Crippen molar-refractivity contribution in [3.05, 3.63) is 64.7 Å². The summed E-state index contributed by atoms with van der Waals surface area (Å²) in [4.78, 5) is 4.75. The summed E-state index contributed by atoms with van der Waals surface area (Å²) in [6.45, 7) is 4.17. The summed E-state index contributed by atoms with van der Waals surface area (Å²) in [6, 6.07) is 14.1. The summed E-state index contributed by atoms with van der Waals surface area (Å²) in [5.74, 6) is 1.55. The van der Waals surface area contributed by atoms with Gasteiger partial charge in [-0.25, -0.2) is 4.98 Å². The highest BCUT2D eigenvalue weighted by Crippen LogP contribution is 2.29. The molecule has 4 aromatic rings. The fraction of sp³-hybridized carbons (Fsp3) is 0.200. The largest absolute Gasteiger partial charge is 0.497 e. The van der Waals surface area contributed by atoms with Crippen molar-refractivity contribution >= 4 is 23.1 Å². The van der Waals surface area contributed by atoms with Crippen LogP contribution >= 0.6 is 23.1 Å². The third kappa shape index (κ3) is 3.79. The number of thioether (sulfide) groups is 1. The van der Waals surface area contributed by atoms with Gasteiger partial charge in [0.2, 0.25) is 5.16 Å². The lowest BCUT2D eigenvalue weighted by atomic mass is 10.1. The van der Waals surface area contributed by atoms with Crippen LogP contribution in [0.4, 0.5) is 0 Å². The lowest BCUT2D eigenvalue weighted by Crippen LogP contribution is -2.02. The van der Waals surface area contributed by atoms with E-state index in [-0.39, 0.29) is 0 Å². The van der Waals surface area contributed by atoms with E-state index < -0.39 is 0 Å². The van der Waals surface area contributed by atoms with Crippen LogP contribution in [-0.4, -0.2) is 32.3 Å². The summed E-state index contributed by atoms with van der Waals surface area (Å²) in [6.07, 6.45) is 0. The molecule has 0 atom stereocenters. The van der Waals surface area contributed by atoms with E-state index in [4.69, 9.17) is 9.72 Å². The van der Waals surface area contributed by atoms with Gasteiger partial charge in [-0.1, -0.05) is 23.9 Å². The van der Waals surface area contributed by atoms with E-state index >= 15 is 0 Å². The van der Waals surface area contributed by atoms with Gasteiger partial charge in [-0.15, -0.1) is 16.4 Å². The molecule has 0 amide bonds. The average Bonchev–Trinajstić information content (AvgIpc) is 3.38. The molecule has 0 unspecified atom stereocenters. The van der Waals surface area contributed by atoms with E-state index in [0.717, 1.165) is 32.9 Å². The number of methoxy groups -OCH3 is 1. The highest BCUT2D eigenvalue weighted by molar-refractivity contribution is 7.98. The third-order valence-electron chi connectivity index (χ3n) is 4.48. The predicted octanol–water partition coefficient (Wildman–Crippen LogP) is 4.70. The van der Waals surface area contributed by atoms with E-state index in [1.165, 1.54) is 11.1 Å². The van der Waals surface area contributed by atoms with Crippen LogP contribution < -0.4 is 4.74 Å². The topological polar surface area (TPSA) is 65.7 Å². The fourth-order valence-electron chi connectivity index (χ4n) is 2.76. The Morgan fingerprint density at radius 2 is 1.93 bits per heavy atom. The van der Waals surface area contributed by atoms with Crippen LogP contribution in [0, 0.1) is 13.8 Å². The van der Waals surface area contributed by atoms with E-state index in [1.54, 1.807) is 34.9 Å². The van der Waals surface area contributed by atoms with Gasteiger partial charge in [-0.05, 0) is 65.7 Å². The molecule has 28 heavy (non-hydrogen) atoms. The van der Waals surface area contributed by atoms with Crippen molar-refractivity contribution in [2.24, 2.45) is 0 Å². The standard InChI is InChI=1S/C20H19N5OS2/c1-13-5-4-6-18(14(13)2)25-20(22-23-24-25)28-12-16-11-27-19(21-16)15-7-9-17(26-3)10-8-15/h4-11H,12H2,1-3H3. The summed E-state index contributed by atoms with van der Waals surface area (Å²) < 4.78 is 7.01. The normalized spacial score (nSPS) is 11.0. The number of nitrogens with zero attached hydrogens (tertiary/aromatic N) is 5. The van der Waals surface area contributed by atoms with Gasteiger partial charge in [0.25, 0.3) is 0 Å². The smallest absolute Gasteiger partial charge is 0.214 e. The molecule has 0 N–H and O–H groups in total. The van der Waals surface area contributed by atoms with Crippen LogP contribution in [0.1, 0.15) is 16.8 Å². The van der Waals surface area contributed by atoms with Gasteiger partial charge in [0.15, 0.2) is 0 Å². The van der Waals surface area contributed by atoms with Crippen molar-refractivity contribution in [1.82, 2.24) is 25.2 Å². The third-order valence-corrected chi connectivity index (χ3v) is 6.38. The van der Waals surface area contributed by atoms with E-state index in [9.17, 15) is 0 Å². The van der Waals surface area contributed by atoms with Crippen molar-refractivity contribution < 1.29 is 4.74 Å². The number of hydrogen-bond donors (Lipinski definition) is 0. The highest BCUT2D eigenvalue weighted by atomic mass is 32.2. The Hall–Kier alpha value is -2.71. The maximum absolute atomic E-state index is 5.21. The molecule has 2 aromatic carbocycles. The van der Waals surface area contributed by atoms with Gasteiger partial charge in [0.05, 0.1) is 18.5 Å². The highest BCUT2D eigenvalue weighted by Gasteiger charge is 2.13. The first-order chi connectivity index (χ1) is 13.7. The lowest BCUT2D eigenvalue weighted by molar-refractivity contribution is 0.415. The molecule has 0 aliphatic heterocycles. The quantitative estimate of drug-likeness (QED) is 0.430. The molecule has 6 nitrogen and oxygen atoms in total. The number of rotatable bonds is 6. The molecule has 0 saturated heterocycles. The van der Waals surface area contributed by atoms with E-state index in [2.05, 4.69) is 40.8 Å². The molecule has 0 saturated carbocycles. The molecule has 0 fully saturated rings. The molecule has 8 heteroatoms. The fourth-order valence-corrected chi connectivity index (χ4v) is 4.47. The molecule has 0 aliphatic rings. The first-order valence-electron chi connectivity index (χ1n) is 8.72. The summed E-state index contributed by atoms with van der Waals surface area (Å²) >= 11 is 3.22. The number of thiazole rings is 1. The second-order valence-corrected chi connectivity index (χ2v) is 8.05. The molecule has 2 heterocycles. The van der Waals surface area contributed by atoms with Crippen LogP contribution in [-0.2, 0) is 5.75 Å². The SMILES string of the molecule is COc1ccc(-c2nc(CSc3nnnn3-c3cccc(C)c3C)cs2)cc1. The van der Waals surface area contributed by atoms with Gasteiger partial charge < -0.3 is 4.74 Å². The van der Waals surface area contributed by atoms with Crippen molar-refractivity contribution in [3.8, 4) is 22.0 Å². The Labute approximate surface area is 171 Å². The molecule has 0 aliphatic carbocycles. The van der Waals surface area contributed by atoms with Gasteiger partial charge in [0.1, 0.15) is 10.8 Å². The Morgan fingerprint density at radius 1 is 1.11 bits per heavy atom. The summed E-state index contributed by atoms with van der Waals surface area (Å²) in [5, 5.41) is 16.1. The molecule has 0 bridgehead atoms. The molecule has 2 aromatic heterocycles. The Bertz CT molecular complexity index is 1090. The van der Waals surface area contributed by atoms with Crippen molar-refractivity contribution in [2.45, 2.75) is 24.8 Å². The zero-order valence-corrected chi connectivity index (χ0v) is 17.4. The molecule has 0 radical (unpaired) electrons. The number of tetrazole rings is 1. The minimum absolute atomic E-state index is 0.706. The van der Waals surface area contributed by atoms with Crippen LogP contribution in [0.2, 0.25) is 0 Å².